The van der Waals surface area contributed by atoms with Crippen molar-refractivity contribution in [1.29, 1.82) is 0 Å². The van der Waals surface area contributed by atoms with Crippen LogP contribution in [-0.2, 0) is 21.1 Å². The van der Waals surface area contributed by atoms with Gasteiger partial charge in [0.2, 0.25) is 5.91 Å². The molecule has 1 aromatic heterocycles. The Morgan fingerprint density at radius 3 is 2.27 bits per heavy atom. The highest BCUT2D eigenvalue weighted by Gasteiger charge is 2.35. The van der Waals surface area contributed by atoms with Crippen molar-refractivity contribution in [3.8, 4) is 0 Å². The number of nitrogens with one attached hydrogen (secondary N) is 2. The Labute approximate surface area is 219 Å². The molecule has 0 radical (unpaired) electrons. The maximum absolute atomic E-state index is 13.3. The van der Waals surface area contributed by atoms with E-state index in [-0.39, 0.29) is 18.7 Å². The van der Waals surface area contributed by atoms with Crippen LogP contribution in [-0.4, -0.2) is 48.2 Å². The molecule has 0 bridgehead atoms. The molecular weight excluding hydrogens is 489 g/mol. The van der Waals surface area contributed by atoms with E-state index in [9.17, 15) is 23.3 Å². The highest BCUT2D eigenvalue weighted by Crippen LogP contribution is 2.33. The number of aromatic nitrogens is 1. The van der Waals surface area contributed by atoms with E-state index in [0.717, 1.165) is 18.4 Å². The maximum atomic E-state index is 13.3. The number of amides is 1. The molecule has 4 N–H and O–H groups in total. The number of hydrogen-bond acceptors (Lipinski definition) is 7. The quantitative estimate of drug-likeness (QED) is 0.268. The van der Waals surface area contributed by atoms with Crippen molar-refractivity contribution in [2.45, 2.75) is 43.9 Å². The molecule has 1 fully saturated rings. The lowest BCUT2D eigenvalue weighted by atomic mass is 9.76. The SMILES string of the molecule is C.O=C(N[C@@H](CC1CC1)B(O)O)[C@H](Cc1ccccc1)CS(=O)(=O)c1ccc(Nc2ccccn2)cc1. The summed E-state index contributed by atoms with van der Waals surface area (Å²) in [7, 11) is -5.52. The zero-order chi connectivity index (χ0) is 25.5. The average Bonchev–Trinajstić information content (AvgIpc) is 3.69. The number of carbonyl (C=O) groups is 1. The second kappa shape index (κ2) is 12.8. The summed E-state index contributed by atoms with van der Waals surface area (Å²) < 4.78 is 26.6. The second-order valence-corrected chi connectivity index (χ2v) is 11.3. The largest absolute Gasteiger partial charge is 0.475 e. The lowest BCUT2D eigenvalue weighted by molar-refractivity contribution is -0.124. The van der Waals surface area contributed by atoms with E-state index in [2.05, 4.69) is 15.6 Å². The van der Waals surface area contributed by atoms with Crippen LogP contribution in [0.2, 0.25) is 0 Å². The third kappa shape index (κ3) is 8.41. The van der Waals surface area contributed by atoms with Gasteiger partial charge in [0.05, 0.1) is 22.5 Å². The molecule has 1 aliphatic rings. The van der Waals surface area contributed by atoms with Crippen LogP contribution in [0.25, 0.3) is 0 Å². The van der Waals surface area contributed by atoms with E-state index in [0.29, 0.717) is 23.8 Å². The smallest absolute Gasteiger partial charge is 0.426 e. The fourth-order valence-electron chi connectivity index (χ4n) is 4.09. The molecule has 10 heteroatoms. The molecule has 1 aliphatic carbocycles. The number of pyridine rings is 1. The maximum Gasteiger partial charge on any atom is 0.475 e. The van der Waals surface area contributed by atoms with E-state index in [1.54, 1.807) is 30.5 Å². The number of sulfone groups is 1. The molecule has 1 amide bonds. The number of carbonyl (C=O) groups excluding carboxylic acids is 1. The summed E-state index contributed by atoms with van der Waals surface area (Å²) in [6.45, 7) is 0. The first-order chi connectivity index (χ1) is 17.3. The Bertz CT molecular complexity index is 1240. The van der Waals surface area contributed by atoms with Gasteiger partial charge in [-0.15, -0.1) is 0 Å². The molecule has 1 heterocycles. The normalized spacial score (nSPS) is 14.6. The highest BCUT2D eigenvalue weighted by molar-refractivity contribution is 7.91. The van der Waals surface area contributed by atoms with E-state index in [1.807, 2.05) is 36.4 Å². The Kier molecular flexibility index (Phi) is 9.85. The number of hydrogen-bond donors (Lipinski definition) is 4. The third-order valence-electron chi connectivity index (χ3n) is 6.24. The van der Waals surface area contributed by atoms with Gasteiger partial charge in [-0.2, -0.15) is 0 Å². The summed E-state index contributed by atoms with van der Waals surface area (Å²) >= 11 is 0. The van der Waals surface area contributed by atoms with Gasteiger partial charge < -0.3 is 20.7 Å². The molecule has 37 heavy (non-hydrogen) atoms. The molecule has 4 rings (SSSR count). The summed E-state index contributed by atoms with van der Waals surface area (Å²) in [5.74, 6) is -1.65. The molecule has 0 spiro atoms. The van der Waals surface area contributed by atoms with Crippen LogP contribution >= 0.6 is 0 Å². The van der Waals surface area contributed by atoms with Crippen molar-refractivity contribution < 1.29 is 23.3 Å². The van der Waals surface area contributed by atoms with Gasteiger partial charge in [-0.05, 0) is 60.7 Å². The first-order valence-corrected chi connectivity index (χ1v) is 13.7. The standard InChI is InChI=1S/C26H30BN3O5S.CH4/c31-26(30-24(27(32)33)17-20-9-10-20)21(16-19-6-2-1-3-7-19)18-36(34,35)23-13-11-22(12-14-23)29-25-8-4-5-15-28-25;/h1-8,11-15,20-21,24,32-33H,9-10,16-18H2,(H,28,29)(H,30,31);1H4/t21-,24+;/m1./s1. The number of rotatable bonds is 12. The fourth-order valence-corrected chi connectivity index (χ4v) is 5.63. The molecule has 8 nitrogen and oxygen atoms in total. The predicted molar refractivity (Wildman–Crippen MR) is 146 cm³/mol. The van der Waals surface area contributed by atoms with Crippen molar-refractivity contribution in [2.24, 2.45) is 11.8 Å². The summed E-state index contributed by atoms with van der Waals surface area (Å²) in [4.78, 5) is 17.5. The molecule has 2 atom stereocenters. The summed E-state index contributed by atoms with van der Waals surface area (Å²) in [5, 5.41) is 25.3. The second-order valence-electron chi connectivity index (χ2n) is 9.24. The molecule has 0 aliphatic heterocycles. The predicted octanol–water partition coefficient (Wildman–Crippen LogP) is 3.39. The topological polar surface area (TPSA) is 129 Å². The van der Waals surface area contributed by atoms with Crippen LogP contribution in [0, 0.1) is 11.8 Å². The van der Waals surface area contributed by atoms with Gasteiger partial charge in [-0.3, -0.25) is 4.79 Å². The first-order valence-electron chi connectivity index (χ1n) is 12.0. The van der Waals surface area contributed by atoms with Gasteiger partial charge in [0.1, 0.15) is 5.82 Å². The van der Waals surface area contributed by atoms with Gasteiger partial charge in [0, 0.05) is 11.9 Å². The molecule has 196 valence electrons. The van der Waals surface area contributed by atoms with E-state index >= 15 is 0 Å². The minimum absolute atomic E-state index is 0. The fraction of sp³-hybridized carbons (Fsp3) is 0.333. The summed E-state index contributed by atoms with van der Waals surface area (Å²) in [5.41, 5.74) is 1.51. The Hall–Kier alpha value is -3.21. The van der Waals surface area contributed by atoms with E-state index < -0.39 is 40.5 Å². The van der Waals surface area contributed by atoms with E-state index in [4.69, 9.17) is 0 Å². The molecule has 2 aromatic carbocycles. The minimum atomic E-state index is -3.81. The van der Waals surface area contributed by atoms with Crippen LogP contribution in [0.3, 0.4) is 0 Å². The van der Waals surface area contributed by atoms with Gasteiger partial charge in [0.15, 0.2) is 9.84 Å². The van der Waals surface area contributed by atoms with Crippen LogP contribution in [0.15, 0.2) is 83.9 Å². The minimum Gasteiger partial charge on any atom is -0.426 e. The monoisotopic (exact) mass is 523 g/mol. The zero-order valence-electron chi connectivity index (χ0n) is 19.8. The summed E-state index contributed by atoms with van der Waals surface area (Å²) in [6, 6.07) is 21.0. The molecule has 3 aromatic rings. The number of benzene rings is 2. The van der Waals surface area contributed by atoms with Crippen molar-refractivity contribution in [1.82, 2.24) is 10.3 Å². The highest BCUT2D eigenvalue weighted by atomic mass is 32.2. The van der Waals surface area contributed by atoms with Crippen molar-refractivity contribution in [3.05, 3.63) is 84.6 Å². The van der Waals surface area contributed by atoms with Crippen LogP contribution in [0.5, 0.6) is 0 Å². The van der Waals surface area contributed by atoms with Gasteiger partial charge in [0.25, 0.3) is 0 Å². The molecule has 0 saturated heterocycles. The lowest BCUT2D eigenvalue weighted by Crippen LogP contribution is -2.50. The Morgan fingerprint density at radius 2 is 1.68 bits per heavy atom. The van der Waals surface area contributed by atoms with Crippen LogP contribution in [0.1, 0.15) is 32.3 Å². The third-order valence-corrected chi connectivity index (χ3v) is 8.07. The van der Waals surface area contributed by atoms with Crippen LogP contribution in [0.4, 0.5) is 11.5 Å². The summed E-state index contributed by atoms with van der Waals surface area (Å²) in [6.07, 6.45) is 4.31. The Morgan fingerprint density at radius 1 is 1.00 bits per heavy atom. The van der Waals surface area contributed by atoms with Crippen molar-refractivity contribution in [3.63, 3.8) is 0 Å². The van der Waals surface area contributed by atoms with Gasteiger partial charge in [-0.1, -0.05) is 56.7 Å². The van der Waals surface area contributed by atoms with Crippen LogP contribution < -0.4 is 10.6 Å². The van der Waals surface area contributed by atoms with E-state index in [1.165, 1.54) is 12.1 Å². The average molecular weight is 523 g/mol. The van der Waals surface area contributed by atoms with Gasteiger partial charge >= 0.3 is 7.12 Å². The lowest BCUT2D eigenvalue weighted by Gasteiger charge is -2.22. The molecule has 0 unspecified atom stereocenters. The number of nitrogens with zero attached hydrogens (tertiary/aromatic N) is 1. The Balaban J connectivity index is 0.00000380. The first kappa shape index (κ1) is 28.4. The number of anilines is 2. The molecule has 1 saturated carbocycles. The molecular formula is C27H34BN3O5S. The van der Waals surface area contributed by atoms with Crippen molar-refractivity contribution >= 4 is 34.4 Å². The zero-order valence-corrected chi connectivity index (χ0v) is 20.6. The van der Waals surface area contributed by atoms with Crippen molar-refractivity contribution in [2.75, 3.05) is 11.1 Å². The van der Waals surface area contributed by atoms with Gasteiger partial charge in [-0.25, -0.2) is 13.4 Å².